The quantitative estimate of drug-likeness (QED) is 0.302. The topological polar surface area (TPSA) is 74.1 Å². The van der Waals surface area contributed by atoms with Gasteiger partial charge in [-0.05, 0) is 61.0 Å². The Balaban J connectivity index is 1.45. The molecule has 0 fully saturated rings. The number of carbonyl (C=O) groups is 2. The van der Waals surface area contributed by atoms with Gasteiger partial charge in [-0.1, -0.05) is 29.5 Å². The zero-order chi connectivity index (χ0) is 19.5. The van der Waals surface area contributed by atoms with E-state index in [1.165, 1.54) is 6.92 Å². The molecule has 0 aliphatic rings. The van der Waals surface area contributed by atoms with Crippen molar-refractivity contribution in [3.8, 4) is 5.75 Å². The van der Waals surface area contributed by atoms with Gasteiger partial charge in [0.05, 0.1) is 17.6 Å². The zero-order valence-electron chi connectivity index (χ0n) is 15.2. The highest BCUT2D eigenvalue weighted by Gasteiger charge is 2.10. The molecule has 0 bridgehead atoms. The summed E-state index contributed by atoms with van der Waals surface area (Å²) < 4.78 is 7.18. The molecule has 1 heterocycles. The largest absolute Gasteiger partial charge is 0.423 e. The van der Waals surface area contributed by atoms with Crippen LogP contribution in [-0.4, -0.2) is 26.7 Å². The molecule has 0 N–H and O–H groups in total. The number of rotatable bonds is 5. The number of hydrogen-bond acceptors (Lipinski definition) is 5. The molecule has 3 aromatic carbocycles. The fourth-order valence-corrected chi connectivity index (χ4v) is 2.88. The number of ketones is 1. The van der Waals surface area contributed by atoms with Crippen LogP contribution in [0.25, 0.3) is 11.0 Å². The maximum atomic E-state index is 12.3. The Morgan fingerprint density at radius 1 is 0.893 bits per heavy atom. The van der Waals surface area contributed by atoms with Gasteiger partial charge in [0.15, 0.2) is 5.78 Å². The summed E-state index contributed by atoms with van der Waals surface area (Å²) in [5.41, 5.74) is 3.82. The number of ether oxygens (including phenoxy) is 1. The molecule has 6 heteroatoms. The van der Waals surface area contributed by atoms with Gasteiger partial charge in [0.2, 0.25) is 0 Å². The fraction of sp³-hybridized carbons (Fsp3) is 0.0909. The van der Waals surface area contributed by atoms with Crippen molar-refractivity contribution in [1.29, 1.82) is 0 Å². The third-order valence-electron chi connectivity index (χ3n) is 4.41. The Kier molecular flexibility index (Phi) is 4.68. The fourth-order valence-electron chi connectivity index (χ4n) is 2.88. The zero-order valence-corrected chi connectivity index (χ0v) is 15.2. The Bertz CT molecular complexity index is 1150. The lowest BCUT2D eigenvalue weighted by molar-refractivity contribution is 0.0734. The minimum Gasteiger partial charge on any atom is -0.423 e. The van der Waals surface area contributed by atoms with Crippen LogP contribution in [0, 0.1) is 0 Å². The van der Waals surface area contributed by atoms with Gasteiger partial charge < -0.3 is 4.74 Å². The number of para-hydroxylation sites is 1. The summed E-state index contributed by atoms with van der Waals surface area (Å²) in [5.74, 6) is -0.0879. The number of nitrogens with zero attached hydrogens (tertiary/aromatic N) is 3. The highest BCUT2D eigenvalue weighted by molar-refractivity contribution is 5.94. The number of aromatic nitrogens is 3. The Hall–Kier alpha value is -3.80. The predicted octanol–water partition coefficient (Wildman–Crippen LogP) is 3.90. The van der Waals surface area contributed by atoms with Gasteiger partial charge in [-0.15, -0.1) is 5.10 Å². The van der Waals surface area contributed by atoms with Crippen LogP contribution in [0.15, 0.2) is 72.8 Å². The molecular formula is C22H17N3O3. The van der Waals surface area contributed by atoms with Crippen molar-refractivity contribution in [3.05, 3.63) is 89.5 Å². The average molecular weight is 371 g/mol. The van der Waals surface area contributed by atoms with Gasteiger partial charge in [0.25, 0.3) is 0 Å². The van der Waals surface area contributed by atoms with E-state index >= 15 is 0 Å². The van der Waals surface area contributed by atoms with E-state index in [0.717, 1.165) is 16.6 Å². The molecule has 0 unspecified atom stereocenters. The molecule has 4 rings (SSSR count). The second kappa shape index (κ2) is 7.44. The van der Waals surface area contributed by atoms with E-state index in [2.05, 4.69) is 10.3 Å². The summed E-state index contributed by atoms with van der Waals surface area (Å²) in [7, 11) is 0. The Morgan fingerprint density at radius 3 is 2.29 bits per heavy atom. The molecule has 0 atom stereocenters. The average Bonchev–Trinajstić information content (AvgIpc) is 3.12. The van der Waals surface area contributed by atoms with E-state index in [9.17, 15) is 9.59 Å². The van der Waals surface area contributed by atoms with Crippen LogP contribution in [0.3, 0.4) is 0 Å². The lowest BCUT2D eigenvalue weighted by Gasteiger charge is -2.07. The first-order chi connectivity index (χ1) is 13.6. The van der Waals surface area contributed by atoms with Crippen LogP contribution < -0.4 is 4.74 Å². The third-order valence-corrected chi connectivity index (χ3v) is 4.41. The molecule has 1 aromatic heterocycles. The minimum absolute atomic E-state index is 0.0337. The van der Waals surface area contributed by atoms with Gasteiger partial charge in [-0.2, -0.15) is 0 Å². The van der Waals surface area contributed by atoms with E-state index in [4.69, 9.17) is 4.74 Å². The third kappa shape index (κ3) is 3.66. The first-order valence-corrected chi connectivity index (χ1v) is 8.80. The molecule has 0 spiro atoms. The van der Waals surface area contributed by atoms with E-state index in [1.54, 1.807) is 36.4 Å². The highest BCUT2D eigenvalue weighted by Crippen LogP contribution is 2.16. The smallest absolute Gasteiger partial charge is 0.343 e. The van der Waals surface area contributed by atoms with Crippen molar-refractivity contribution in [1.82, 2.24) is 15.0 Å². The monoisotopic (exact) mass is 371 g/mol. The van der Waals surface area contributed by atoms with Crippen LogP contribution in [0.2, 0.25) is 0 Å². The van der Waals surface area contributed by atoms with E-state index in [1.807, 2.05) is 41.1 Å². The first-order valence-electron chi connectivity index (χ1n) is 8.80. The molecule has 138 valence electrons. The summed E-state index contributed by atoms with van der Waals surface area (Å²) in [6, 6.07) is 21.4. The van der Waals surface area contributed by atoms with Crippen LogP contribution in [0.5, 0.6) is 5.75 Å². The summed E-state index contributed by atoms with van der Waals surface area (Å²) >= 11 is 0. The highest BCUT2D eigenvalue weighted by atomic mass is 16.5. The van der Waals surface area contributed by atoms with Crippen molar-refractivity contribution in [2.75, 3.05) is 0 Å². The molecule has 0 saturated heterocycles. The van der Waals surface area contributed by atoms with Gasteiger partial charge >= 0.3 is 5.97 Å². The van der Waals surface area contributed by atoms with Crippen molar-refractivity contribution in [2.24, 2.45) is 0 Å². The molecule has 0 amide bonds. The van der Waals surface area contributed by atoms with Crippen molar-refractivity contribution in [3.63, 3.8) is 0 Å². The van der Waals surface area contributed by atoms with Crippen LogP contribution in [0.4, 0.5) is 0 Å². The number of carbonyl (C=O) groups excluding carboxylic acids is 2. The maximum absolute atomic E-state index is 12.3. The molecular weight excluding hydrogens is 354 g/mol. The van der Waals surface area contributed by atoms with Gasteiger partial charge in [-0.3, -0.25) is 4.79 Å². The SMILES string of the molecule is CC(=O)c1ccc(OC(=O)c2ccc(Cn3nnc4ccccc43)cc2)cc1. The number of esters is 1. The molecule has 28 heavy (non-hydrogen) atoms. The number of fused-ring (bicyclic) bond motifs is 1. The summed E-state index contributed by atoms with van der Waals surface area (Å²) in [5, 5.41) is 8.32. The second-order valence-electron chi connectivity index (χ2n) is 6.40. The maximum Gasteiger partial charge on any atom is 0.343 e. The van der Waals surface area contributed by atoms with E-state index in [-0.39, 0.29) is 5.78 Å². The summed E-state index contributed by atoms with van der Waals surface area (Å²) in [6.45, 7) is 2.05. The second-order valence-corrected chi connectivity index (χ2v) is 6.40. The van der Waals surface area contributed by atoms with Crippen LogP contribution in [0.1, 0.15) is 33.2 Å². The molecule has 0 radical (unpaired) electrons. The normalized spacial score (nSPS) is 10.8. The van der Waals surface area contributed by atoms with E-state index < -0.39 is 5.97 Å². The van der Waals surface area contributed by atoms with Gasteiger partial charge in [0.1, 0.15) is 11.3 Å². The lowest BCUT2D eigenvalue weighted by atomic mass is 10.1. The van der Waals surface area contributed by atoms with Crippen molar-refractivity contribution >= 4 is 22.8 Å². The van der Waals surface area contributed by atoms with Crippen LogP contribution >= 0.6 is 0 Å². The summed E-state index contributed by atoms with van der Waals surface area (Å²) in [4.78, 5) is 23.6. The number of hydrogen-bond donors (Lipinski definition) is 0. The molecule has 0 aliphatic heterocycles. The van der Waals surface area contributed by atoms with Crippen molar-refractivity contribution < 1.29 is 14.3 Å². The van der Waals surface area contributed by atoms with Gasteiger partial charge in [0, 0.05) is 5.56 Å². The van der Waals surface area contributed by atoms with Crippen molar-refractivity contribution in [2.45, 2.75) is 13.5 Å². The predicted molar refractivity (Wildman–Crippen MR) is 104 cm³/mol. The molecule has 0 saturated carbocycles. The van der Waals surface area contributed by atoms with E-state index in [0.29, 0.717) is 23.4 Å². The van der Waals surface area contributed by atoms with Crippen LogP contribution in [-0.2, 0) is 6.54 Å². The standard InChI is InChI=1S/C22H17N3O3/c1-15(26)17-10-12-19(13-11-17)28-22(27)18-8-6-16(7-9-18)14-25-21-5-3-2-4-20(21)23-24-25/h2-13H,14H2,1H3. The Labute approximate surface area is 161 Å². The Morgan fingerprint density at radius 2 is 1.57 bits per heavy atom. The van der Waals surface area contributed by atoms with Gasteiger partial charge in [-0.25, -0.2) is 9.48 Å². The molecule has 6 nitrogen and oxygen atoms in total. The minimum atomic E-state index is -0.451. The first kappa shape index (κ1) is 17.6. The number of Topliss-reactive ketones (excluding diaryl/α,β-unsaturated/α-hetero) is 1. The molecule has 0 aliphatic carbocycles. The lowest BCUT2D eigenvalue weighted by Crippen LogP contribution is -2.09. The summed E-state index contributed by atoms with van der Waals surface area (Å²) in [6.07, 6.45) is 0. The molecule has 4 aromatic rings. The number of benzene rings is 3.